The molecular formula is C52H44Cl2F2N2O11. The van der Waals surface area contributed by atoms with Crippen molar-refractivity contribution in [3.8, 4) is 11.5 Å². The van der Waals surface area contributed by atoms with Gasteiger partial charge in [0, 0.05) is 32.5 Å². The van der Waals surface area contributed by atoms with Crippen molar-refractivity contribution in [2.45, 2.75) is 51.4 Å². The lowest BCUT2D eigenvalue weighted by Crippen LogP contribution is -2.21. The molecule has 0 saturated heterocycles. The van der Waals surface area contributed by atoms with E-state index in [9.17, 15) is 37.5 Å². The second kappa shape index (κ2) is 22.5. The van der Waals surface area contributed by atoms with E-state index in [1.54, 1.807) is 38.1 Å². The Morgan fingerprint density at radius 2 is 1.03 bits per heavy atom. The average Bonchev–Trinajstić information content (AvgIpc) is 4.24. The van der Waals surface area contributed by atoms with Crippen LogP contribution in [0.15, 0.2) is 109 Å². The summed E-state index contributed by atoms with van der Waals surface area (Å²) in [5.41, 5.74) is 10.5. The lowest BCUT2D eigenvalue weighted by atomic mass is 9.99. The lowest BCUT2D eigenvalue weighted by molar-refractivity contribution is -0.139. The second-order valence-electron chi connectivity index (χ2n) is 16.3. The molecule has 6 aromatic carbocycles. The molecule has 6 N–H and O–H groups in total. The Bertz CT molecular complexity index is 2990. The Labute approximate surface area is 404 Å². The summed E-state index contributed by atoms with van der Waals surface area (Å²) in [6, 6.07) is 26.3. The number of carbonyl (C=O) groups is 6. The van der Waals surface area contributed by atoms with Gasteiger partial charge in [0.15, 0.2) is 24.8 Å². The first-order valence-corrected chi connectivity index (χ1v) is 22.0. The maximum absolute atomic E-state index is 14.1. The summed E-state index contributed by atoms with van der Waals surface area (Å²) in [6.45, 7) is 2.46. The molecule has 6 aromatic rings. The molecule has 0 unspecified atom stereocenters. The molecule has 1 amide bonds. The van der Waals surface area contributed by atoms with Gasteiger partial charge in [0.1, 0.15) is 23.1 Å². The number of aromatic carboxylic acids is 2. The van der Waals surface area contributed by atoms with Crippen LogP contribution in [0, 0.1) is 25.5 Å². The fraction of sp³-hybridized carbons (Fsp3) is 0.192. The zero-order chi connectivity index (χ0) is 50.1. The summed E-state index contributed by atoms with van der Waals surface area (Å²) in [5, 5.41) is 29.6. The number of carbonyl (C=O) groups excluding carboxylic acids is 3. The van der Waals surface area contributed by atoms with Crippen LogP contribution in [0.25, 0.3) is 0 Å². The Balaban J connectivity index is 0.000000193. The number of nitrogen functional groups attached to an aromatic ring is 1. The third-order valence-electron chi connectivity index (χ3n) is 10.8. The van der Waals surface area contributed by atoms with Gasteiger partial charge in [-0.15, -0.1) is 0 Å². The van der Waals surface area contributed by atoms with E-state index in [-0.39, 0.29) is 50.8 Å². The summed E-state index contributed by atoms with van der Waals surface area (Å²) in [4.78, 5) is 70.5. The van der Waals surface area contributed by atoms with E-state index in [4.69, 9.17) is 53.7 Å². The number of anilines is 2. The zero-order valence-corrected chi connectivity index (χ0v) is 38.5. The van der Waals surface area contributed by atoms with Gasteiger partial charge in [0.25, 0.3) is 5.91 Å². The van der Waals surface area contributed by atoms with Crippen LogP contribution in [-0.2, 0) is 9.59 Å². The first-order chi connectivity index (χ1) is 32.8. The van der Waals surface area contributed by atoms with Gasteiger partial charge in [0.05, 0.1) is 22.3 Å². The van der Waals surface area contributed by atoms with Gasteiger partial charge >= 0.3 is 17.9 Å². The highest BCUT2D eigenvalue weighted by atomic mass is 35.5. The number of halogens is 4. The average molecular weight is 982 g/mol. The molecule has 356 valence electrons. The Hall–Kier alpha value is -7.62. The number of nitrogens with two attached hydrogens (primary N) is 1. The van der Waals surface area contributed by atoms with Gasteiger partial charge in [-0.05, 0) is 183 Å². The van der Waals surface area contributed by atoms with Crippen LogP contribution in [0.2, 0.25) is 10.0 Å². The summed E-state index contributed by atoms with van der Waals surface area (Å²) < 4.78 is 38.7. The van der Waals surface area contributed by atoms with E-state index in [1.807, 2.05) is 0 Å². The molecule has 0 radical (unpaired) electrons. The van der Waals surface area contributed by atoms with Crippen LogP contribution < -0.4 is 20.5 Å². The Morgan fingerprint density at radius 3 is 1.45 bits per heavy atom. The molecule has 0 heterocycles. The summed E-state index contributed by atoms with van der Waals surface area (Å²) in [6.07, 6.45) is 3.91. The maximum Gasteiger partial charge on any atom is 0.341 e. The molecule has 2 fully saturated rings. The fourth-order valence-corrected chi connectivity index (χ4v) is 7.27. The number of hydrogen-bond acceptors (Lipinski definition) is 9. The Kier molecular flexibility index (Phi) is 16.5. The van der Waals surface area contributed by atoms with Crippen LogP contribution in [0.4, 0.5) is 20.2 Å². The largest absolute Gasteiger partial charge is 0.483 e. The highest BCUT2D eigenvalue weighted by Gasteiger charge is 2.28. The number of aryl methyl sites for hydroxylation is 2. The number of amides is 1. The first-order valence-electron chi connectivity index (χ1n) is 21.3. The van der Waals surface area contributed by atoms with Crippen LogP contribution in [0.1, 0.15) is 112 Å². The highest BCUT2D eigenvalue weighted by Crippen LogP contribution is 2.42. The molecule has 0 spiro atoms. The second-order valence-corrected chi connectivity index (χ2v) is 17.1. The van der Waals surface area contributed by atoms with Crippen molar-refractivity contribution < 1.29 is 62.3 Å². The van der Waals surface area contributed by atoms with Crippen molar-refractivity contribution in [1.29, 1.82) is 0 Å². The normalized spacial score (nSPS) is 12.6. The molecule has 2 aliphatic carbocycles. The van der Waals surface area contributed by atoms with Crippen molar-refractivity contribution >= 4 is 70.0 Å². The minimum Gasteiger partial charge on any atom is -0.483 e. The van der Waals surface area contributed by atoms with Crippen LogP contribution in [-0.4, -0.2) is 63.9 Å². The molecule has 0 atom stereocenters. The Morgan fingerprint density at radius 1 is 0.580 bits per heavy atom. The van der Waals surface area contributed by atoms with Crippen molar-refractivity contribution in [1.82, 2.24) is 0 Å². The number of hydrogen-bond donors (Lipinski definition) is 5. The van der Waals surface area contributed by atoms with E-state index in [2.05, 4.69) is 5.32 Å². The molecule has 69 heavy (non-hydrogen) atoms. The standard InChI is InChI=1S/C26H21ClFNO5.C18H14ClFO4.C8H9NO2/c1-14-8-16(26(32)33)4-6-22(14)29-24(30)13-34-23-7-5-19(27)12-21(23)25(31)18-9-17(15-2-3-15)10-20(28)11-18;19-13-3-4-16(24-9-17(21)22)15(8-13)18(23)12-5-11(10-1-2-10)6-14(20)7-12;1-5-4-6(8(10)11)2-3-7(5)9/h4-12,15H,2-3,13H2,1H3,(H,29,30)(H,32,33);3-8,10H,1-2,9H2,(H,21,22);2-4H,9H2,1H3,(H,10,11). The molecule has 13 nitrogen and oxygen atoms in total. The number of aliphatic carboxylic acids is 1. The third-order valence-corrected chi connectivity index (χ3v) is 11.3. The quantitative estimate of drug-likeness (QED) is 0.0479. The molecule has 0 aromatic heterocycles. The van der Waals surface area contributed by atoms with Crippen LogP contribution >= 0.6 is 23.2 Å². The number of ether oxygens (including phenoxy) is 2. The highest BCUT2D eigenvalue weighted by molar-refractivity contribution is 6.31. The molecule has 2 saturated carbocycles. The van der Waals surface area contributed by atoms with Crippen LogP contribution in [0.5, 0.6) is 11.5 Å². The number of nitrogens with one attached hydrogen (secondary N) is 1. The molecule has 8 rings (SSSR count). The lowest BCUT2D eigenvalue weighted by Gasteiger charge is -2.13. The molecular weight excluding hydrogens is 937 g/mol. The number of benzene rings is 6. The molecule has 17 heteroatoms. The molecule has 0 bridgehead atoms. The predicted molar refractivity (Wildman–Crippen MR) is 254 cm³/mol. The number of rotatable bonds is 15. The van der Waals surface area contributed by atoms with Gasteiger partial charge in [-0.1, -0.05) is 23.2 Å². The monoisotopic (exact) mass is 980 g/mol. The molecule has 0 aliphatic heterocycles. The fourth-order valence-electron chi connectivity index (χ4n) is 6.93. The van der Waals surface area contributed by atoms with Crippen molar-refractivity contribution in [3.63, 3.8) is 0 Å². The summed E-state index contributed by atoms with van der Waals surface area (Å²) in [5.74, 6) is -4.71. The van der Waals surface area contributed by atoms with E-state index < -0.39 is 60.2 Å². The van der Waals surface area contributed by atoms with Crippen LogP contribution in [0.3, 0.4) is 0 Å². The van der Waals surface area contributed by atoms with Gasteiger partial charge in [0.2, 0.25) is 0 Å². The maximum atomic E-state index is 14.1. The van der Waals surface area contributed by atoms with E-state index in [0.29, 0.717) is 32.9 Å². The molecule has 2 aliphatic rings. The zero-order valence-electron chi connectivity index (χ0n) is 37.0. The van der Waals surface area contributed by atoms with E-state index >= 15 is 0 Å². The van der Waals surface area contributed by atoms with Crippen molar-refractivity contribution in [3.05, 3.63) is 187 Å². The van der Waals surface area contributed by atoms with E-state index in [0.717, 1.165) is 48.4 Å². The summed E-state index contributed by atoms with van der Waals surface area (Å²) in [7, 11) is 0. The third kappa shape index (κ3) is 14.2. The minimum absolute atomic E-state index is 0.101. The summed E-state index contributed by atoms with van der Waals surface area (Å²) >= 11 is 12.0. The first kappa shape index (κ1) is 50.8. The smallest absolute Gasteiger partial charge is 0.341 e. The van der Waals surface area contributed by atoms with E-state index in [1.165, 1.54) is 78.9 Å². The number of carboxylic acids is 3. The van der Waals surface area contributed by atoms with Gasteiger partial charge < -0.3 is 35.8 Å². The minimum atomic E-state index is -1.16. The predicted octanol–water partition coefficient (Wildman–Crippen LogP) is 10.9. The van der Waals surface area contributed by atoms with Crippen molar-refractivity contribution in [2.75, 3.05) is 24.3 Å². The van der Waals surface area contributed by atoms with Gasteiger partial charge in [-0.25, -0.2) is 23.2 Å². The van der Waals surface area contributed by atoms with Gasteiger partial charge in [-0.2, -0.15) is 0 Å². The van der Waals surface area contributed by atoms with Crippen molar-refractivity contribution in [2.24, 2.45) is 0 Å². The number of ketones is 2. The van der Waals surface area contributed by atoms with Gasteiger partial charge in [-0.3, -0.25) is 14.4 Å². The topological polar surface area (TPSA) is 220 Å². The number of carboxylic acid groups (broad SMARTS) is 3. The SMILES string of the molecule is Cc1cc(C(=O)O)ccc1N.Cc1cc(C(=O)O)ccc1NC(=O)COc1ccc(Cl)cc1C(=O)c1cc(F)cc(C2CC2)c1.O=C(O)COc1ccc(Cl)cc1C(=O)c1cc(F)cc(C2CC2)c1.